The summed E-state index contributed by atoms with van der Waals surface area (Å²) in [7, 11) is 0. The fraction of sp³-hybridized carbons (Fsp3) is 0.167. The minimum Gasteiger partial charge on any atom is -0.398 e. The monoisotopic (exact) mass is 398 g/mol. The van der Waals surface area contributed by atoms with Crippen LogP contribution in [0.1, 0.15) is 28.8 Å². The van der Waals surface area contributed by atoms with Crippen LogP contribution in [0.5, 0.6) is 0 Å². The standard InChI is InChI=1S/C24H22N4O2/c1-13-15(4-2-5-19(13)25)16-9-10-18(24(26)30)23-22(16)17-8-7-14(12-20(17)27-23)28-11-3-6-21(28)29/h2,4-5,7-10,12,27H,3,6,11,25H2,1H3,(H2,26,30). The van der Waals surface area contributed by atoms with Crippen LogP contribution in [0, 0.1) is 6.92 Å². The molecule has 1 aliphatic rings. The quantitative estimate of drug-likeness (QED) is 0.452. The van der Waals surface area contributed by atoms with Gasteiger partial charge in [-0.2, -0.15) is 0 Å². The molecule has 5 N–H and O–H groups in total. The normalized spacial score (nSPS) is 14.2. The molecule has 1 saturated heterocycles. The van der Waals surface area contributed by atoms with Crippen molar-refractivity contribution in [2.45, 2.75) is 19.8 Å². The summed E-state index contributed by atoms with van der Waals surface area (Å²) >= 11 is 0. The van der Waals surface area contributed by atoms with Crippen molar-refractivity contribution >= 4 is 45.0 Å². The zero-order valence-electron chi connectivity index (χ0n) is 16.7. The first kappa shape index (κ1) is 18.2. The third kappa shape index (κ3) is 2.64. The fourth-order valence-corrected chi connectivity index (χ4v) is 4.46. The molecule has 30 heavy (non-hydrogen) atoms. The summed E-state index contributed by atoms with van der Waals surface area (Å²) in [6.45, 7) is 2.72. The number of rotatable bonds is 3. The van der Waals surface area contributed by atoms with Gasteiger partial charge in [-0.3, -0.25) is 9.59 Å². The van der Waals surface area contributed by atoms with Gasteiger partial charge in [0.25, 0.3) is 5.91 Å². The number of anilines is 2. The lowest BCUT2D eigenvalue weighted by Gasteiger charge is -2.15. The van der Waals surface area contributed by atoms with E-state index in [-0.39, 0.29) is 5.91 Å². The molecule has 5 rings (SSSR count). The minimum atomic E-state index is -0.489. The van der Waals surface area contributed by atoms with E-state index in [4.69, 9.17) is 11.5 Å². The Morgan fingerprint density at radius 2 is 1.93 bits per heavy atom. The molecule has 150 valence electrons. The molecule has 6 nitrogen and oxygen atoms in total. The van der Waals surface area contributed by atoms with Crippen LogP contribution < -0.4 is 16.4 Å². The molecular weight excluding hydrogens is 376 g/mol. The molecule has 1 fully saturated rings. The molecule has 1 aromatic heterocycles. The van der Waals surface area contributed by atoms with E-state index in [1.54, 1.807) is 6.07 Å². The molecule has 0 spiro atoms. The van der Waals surface area contributed by atoms with E-state index in [0.717, 1.165) is 51.6 Å². The van der Waals surface area contributed by atoms with Gasteiger partial charge in [0, 0.05) is 40.6 Å². The van der Waals surface area contributed by atoms with Crippen LogP contribution in [0.15, 0.2) is 48.5 Å². The first-order valence-electron chi connectivity index (χ1n) is 10.00. The maximum atomic E-state index is 12.2. The van der Waals surface area contributed by atoms with Gasteiger partial charge in [0.2, 0.25) is 5.91 Å². The second-order valence-electron chi connectivity index (χ2n) is 7.80. The second kappa shape index (κ2) is 6.62. The number of nitrogens with one attached hydrogen (secondary N) is 1. The number of carbonyl (C=O) groups is 2. The Labute approximate surface area is 173 Å². The number of benzene rings is 3. The highest BCUT2D eigenvalue weighted by atomic mass is 16.2. The van der Waals surface area contributed by atoms with Crippen LogP contribution in [0.3, 0.4) is 0 Å². The Bertz CT molecular complexity index is 1350. The topological polar surface area (TPSA) is 105 Å². The lowest BCUT2D eigenvalue weighted by atomic mass is 9.93. The number of carbonyl (C=O) groups excluding carboxylic acids is 2. The minimum absolute atomic E-state index is 0.138. The molecule has 1 aliphatic heterocycles. The molecule has 0 bridgehead atoms. The van der Waals surface area contributed by atoms with Gasteiger partial charge in [0.15, 0.2) is 0 Å². The van der Waals surface area contributed by atoms with Crippen LogP contribution >= 0.6 is 0 Å². The number of nitrogens with zero attached hydrogens (tertiary/aromatic N) is 1. The lowest BCUT2D eigenvalue weighted by Crippen LogP contribution is -2.23. The predicted octanol–water partition coefficient (Wildman–Crippen LogP) is 4.10. The van der Waals surface area contributed by atoms with Crippen LogP contribution in [-0.2, 0) is 4.79 Å². The van der Waals surface area contributed by atoms with Gasteiger partial charge in [0.05, 0.1) is 11.1 Å². The average molecular weight is 398 g/mol. The molecule has 0 saturated carbocycles. The SMILES string of the molecule is Cc1c(N)cccc1-c1ccc(C(N)=O)c2[nH]c3cc(N4CCCC4=O)ccc3c12. The molecule has 2 heterocycles. The summed E-state index contributed by atoms with van der Waals surface area (Å²) in [5.41, 5.74) is 18.4. The van der Waals surface area contributed by atoms with Gasteiger partial charge < -0.3 is 21.4 Å². The summed E-state index contributed by atoms with van der Waals surface area (Å²) in [6.07, 6.45) is 1.45. The molecule has 0 radical (unpaired) electrons. The zero-order chi connectivity index (χ0) is 21.0. The number of aromatic amines is 1. The Morgan fingerprint density at radius 3 is 2.67 bits per heavy atom. The van der Waals surface area contributed by atoms with Gasteiger partial charge in [-0.1, -0.05) is 24.3 Å². The van der Waals surface area contributed by atoms with Crippen molar-refractivity contribution in [2.24, 2.45) is 5.73 Å². The second-order valence-corrected chi connectivity index (χ2v) is 7.80. The molecular formula is C24H22N4O2. The molecule has 6 heteroatoms. The molecule has 0 unspecified atom stereocenters. The van der Waals surface area contributed by atoms with Crippen molar-refractivity contribution in [3.05, 3.63) is 59.7 Å². The van der Waals surface area contributed by atoms with E-state index in [2.05, 4.69) is 4.98 Å². The number of hydrogen-bond acceptors (Lipinski definition) is 3. The number of primary amides is 1. The number of aromatic nitrogens is 1. The van der Waals surface area contributed by atoms with Crippen LogP contribution in [-0.4, -0.2) is 23.3 Å². The maximum absolute atomic E-state index is 12.2. The van der Waals surface area contributed by atoms with Crippen molar-refractivity contribution in [1.82, 2.24) is 4.98 Å². The van der Waals surface area contributed by atoms with E-state index in [0.29, 0.717) is 23.2 Å². The molecule has 3 aromatic carbocycles. The van der Waals surface area contributed by atoms with E-state index >= 15 is 0 Å². The van der Waals surface area contributed by atoms with Crippen molar-refractivity contribution in [2.75, 3.05) is 17.2 Å². The van der Waals surface area contributed by atoms with Gasteiger partial charge >= 0.3 is 0 Å². The van der Waals surface area contributed by atoms with Gasteiger partial charge in [-0.05, 0) is 54.3 Å². The van der Waals surface area contributed by atoms with Crippen LogP contribution in [0.25, 0.3) is 32.9 Å². The van der Waals surface area contributed by atoms with Crippen molar-refractivity contribution in [3.63, 3.8) is 0 Å². The summed E-state index contributed by atoms with van der Waals surface area (Å²) in [4.78, 5) is 29.5. The van der Waals surface area contributed by atoms with Crippen molar-refractivity contribution in [1.29, 1.82) is 0 Å². The zero-order valence-corrected chi connectivity index (χ0v) is 16.7. The largest absolute Gasteiger partial charge is 0.398 e. The summed E-state index contributed by atoms with van der Waals surface area (Å²) in [5, 5.41) is 1.90. The van der Waals surface area contributed by atoms with Crippen molar-refractivity contribution in [3.8, 4) is 11.1 Å². The van der Waals surface area contributed by atoms with E-state index in [1.807, 2.05) is 54.3 Å². The van der Waals surface area contributed by atoms with Crippen LogP contribution in [0.2, 0.25) is 0 Å². The Balaban J connectivity index is 1.82. The number of nitrogen functional groups attached to an aromatic ring is 1. The smallest absolute Gasteiger partial charge is 0.250 e. The molecule has 4 aromatic rings. The first-order valence-corrected chi connectivity index (χ1v) is 10.00. The third-order valence-corrected chi connectivity index (χ3v) is 6.05. The summed E-state index contributed by atoms with van der Waals surface area (Å²) in [6, 6.07) is 15.5. The average Bonchev–Trinajstić information content (AvgIpc) is 3.32. The highest BCUT2D eigenvalue weighted by molar-refractivity contribution is 6.20. The summed E-state index contributed by atoms with van der Waals surface area (Å²) < 4.78 is 0. The Kier molecular flexibility index (Phi) is 4.03. The number of H-pyrrole nitrogens is 1. The number of fused-ring (bicyclic) bond motifs is 3. The lowest BCUT2D eigenvalue weighted by molar-refractivity contribution is -0.117. The first-order chi connectivity index (χ1) is 14.5. The van der Waals surface area contributed by atoms with Crippen molar-refractivity contribution < 1.29 is 9.59 Å². The van der Waals surface area contributed by atoms with Crippen LogP contribution in [0.4, 0.5) is 11.4 Å². The van der Waals surface area contributed by atoms with E-state index in [1.165, 1.54) is 0 Å². The van der Waals surface area contributed by atoms with E-state index in [9.17, 15) is 9.59 Å². The highest BCUT2D eigenvalue weighted by Crippen LogP contribution is 2.39. The van der Waals surface area contributed by atoms with Gasteiger partial charge in [-0.25, -0.2) is 0 Å². The molecule has 0 aliphatic carbocycles. The molecule has 2 amide bonds. The summed E-state index contributed by atoms with van der Waals surface area (Å²) in [5.74, 6) is -0.350. The molecule has 0 atom stereocenters. The highest BCUT2D eigenvalue weighted by Gasteiger charge is 2.23. The third-order valence-electron chi connectivity index (χ3n) is 6.05. The van der Waals surface area contributed by atoms with Gasteiger partial charge in [-0.15, -0.1) is 0 Å². The number of nitrogens with two attached hydrogens (primary N) is 2. The maximum Gasteiger partial charge on any atom is 0.250 e. The predicted molar refractivity (Wildman–Crippen MR) is 120 cm³/mol. The Hall–Kier alpha value is -3.80. The Morgan fingerprint density at radius 1 is 1.10 bits per heavy atom. The number of hydrogen-bond donors (Lipinski definition) is 3. The number of amides is 2. The van der Waals surface area contributed by atoms with E-state index < -0.39 is 5.91 Å². The fourth-order valence-electron chi connectivity index (χ4n) is 4.46. The van der Waals surface area contributed by atoms with Gasteiger partial charge in [0.1, 0.15) is 0 Å².